The Kier molecular flexibility index (Phi) is 3.42. The van der Waals surface area contributed by atoms with Gasteiger partial charge in [-0.3, -0.25) is 4.79 Å². The summed E-state index contributed by atoms with van der Waals surface area (Å²) in [4.78, 5) is 15.9. The first-order valence-corrected chi connectivity index (χ1v) is 5.78. The van der Waals surface area contributed by atoms with Gasteiger partial charge in [0.1, 0.15) is 4.88 Å². The van der Waals surface area contributed by atoms with Crippen LogP contribution in [0.2, 0.25) is 0 Å². The van der Waals surface area contributed by atoms with Crippen LogP contribution in [-0.4, -0.2) is 18.0 Å². The number of halogens is 1. The van der Waals surface area contributed by atoms with Crippen LogP contribution < -0.4 is 15.8 Å². The van der Waals surface area contributed by atoms with Gasteiger partial charge in [0.2, 0.25) is 0 Å². The zero-order chi connectivity index (χ0) is 13.1. The molecule has 2 aromatic rings. The zero-order valence-electron chi connectivity index (χ0n) is 9.44. The van der Waals surface area contributed by atoms with Gasteiger partial charge in [0.05, 0.1) is 13.3 Å². The number of methoxy groups -OCH3 is 1. The van der Waals surface area contributed by atoms with Crippen molar-refractivity contribution in [1.29, 1.82) is 0 Å². The lowest BCUT2D eigenvalue weighted by Crippen LogP contribution is -2.10. The van der Waals surface area contributed by atoms with Crippen LogP contribution in [0.3, 0.4) is 0 Å². The smallest absolute Gasteiger partial charge is 0.267 e. The van der Waals surface area contributed by atoms with Gasteiger partial charge in [-0.25, -0.2) is 9.37 Å². The van der Waals surface area contributed by atoms with Gasteiger partial charge in [0, 0.05) is 11.8 Å². The number of thiazole rings is 1. The molecule has 1 aromatic carbocycles. The molecular weight excluding hydrogens is 257 g/mol. The van der Waals surface area contributed by atoms with E-state index in [0.717, 1.165) is 11.3 Å². The number of ether oxygens (including phenoxy) is 1. The van der Waals surface area contributed by atoms with Crippen molar-refractivity contribution >= 4 is 28.1 Å². The van der Waals surface area contributed by atoms with Crippen LogP contribution in [0.4, 0.5) is 15.2 Å². The topological polar surface area (TPSA) is 77.2 Å². The second kappa shape index (κ2) is 5.01. The largest absolute Gasteiger partial charge is 0.494 e. The quantitative estimate of drug-likeness (QED) is 0.893. The van der Waals surface area contributed by atoms with E-state index in [4.69, 9.17) is 10.5 Å². The monoisotopic (exact) mass is 267 g/mol. The number of hydrogen-bond donors (Lipinski definition) is 2. The summed E-state index contributed by atoms with van der Waals surface area (Å²) in [5, 5.41) is 2.85. The minimum atomic E-state index is -0.542. The molecule has 0 atom stereocenters. The van der Waals surface area contributed by atoms with E-state index in [1.54, 1.807) is 6.07 Å². The Morgan fingerprint density at radius 3 is 2.89 bits per heavy atom. The molecule has 0 saturated heterocycles. The van der Waals surface area contributed by atoms with E-state index >= 15 is 0 Å². The third kappa shape index (κ3) is 2.57. The number of nitrogens with two attached hydrogens (primary N) is 1. The Balaban J connectivity index is 2.14. The standard InChI is InChI=1S/C11H10FN3O2S/c1-17-8-3-2-6(4-7(8)12)15-10(16)9-5-14-11(13)18-9/h2-5H,1H3,(H2,13,14)(H,15,16). The van der Waals surface area contributed by atoms with Crippen molar-refractivity contribution in [2.24, 2.45) is 0 Å². The number of nitrogen functional groups attached to an aromatic ring is 1. The zero-order valence-corrected chi connectivity index (χ0v) is 10.3. The first-order valence-electron chi connectivity index (χ1n) is 4.96. The molecule has 1 amide bonds. The predicted octanol–water partition coefficient (Wildman–Crippen LogP) is 2.13. The molecule has 0 bridgehead atoms. The lowest BCUT2D eigenvalue weighted by atomic mass is 10.3. The first kappa shape index (κ1) is 12.3. The Hall–Kier alpha value is -2.15. The summed E-state index contributed by atoms with van der Waals surface area (Å²) in [5.74, 6) is -0.803. The van der Waals surface area contributed by atoms with Crippen molar-refractivity contribution in [3.8, 4) is 5.75 Å². The second-order valence-electron chi connectivity index (χ2n) is 3.37. The summed E-state index contributed by atoms with van der Waals surface area (Å²) in [6.45, 7) is 0. The predicted molar refractivity (Wildman–Crippen MR) is 67.4 cm³/mol. The molecule has 7 heteroatoms. The van der Waals surface area contributed by atoms with Gasteiger partial charge < -0.3 is 15.8 Å². The molecule has 18 heavy (non-hydrogen) atoms. The molecule has 0 unspecified atom stereocenters. The molecular formula is C11H10FN3O2S. The van der Waals surface area contributed by atoms with Gasteiger partial charge in [0.15, 0.2) is 16.7 Å². The Morgan fingerprint density at radius 1 is 1.56 bits per heavy atom. The molecule has 0 aliphatic heterocycles. The van der Waals surface area contributed by atoms with Crippen molar-refractivity contribution in [2.45, 2.75) is 0 Å². The number of nitrogens with zero attached hydrogens (tertiary/aromatic N) is 1. The van der Waals surface area contributed by atoms with Gasteiger partial charge in [-0.1, -0.05) is 11.3 Å². The van der Waals surface area contributed by atoms with Crippen molar-refractivity contribution in [1.82, 2.24) is 4.98 Å². The van der Waals surface area contributed by atoms with E-state index in [-0.39, 0.29) is 11.7 Å². The number of hydrogen-bond acceptors (Lipinski definition) is 5. The Morgan fingerprint density at radius 2 is 2.33 bits per heavy atom. The normalized spacial score (nSPS) is 10.1. The molecule has 0 radical (unpaired) electrons. The maximum Gasteiger partial charge on any atom is 0.267 e. The fraction of sp³-hybridized carbons (Fsp3) is 0.0909. The third-order valence-corrected chi connectivity index (χ3v) is 2.98. The molecule has 5 nitrogen and oxygen atoms in total. The van der Waals surface area contributed by atoms with Crippen molar-refractivity contribution < 1.29 is 13.9 Å². The molecule has 0 aliphatic rings. The highest BCUT2D eigenvalue weighted by Gasteiger charge is 2.11. The average molecular weight is 267 g/mol. The van der Waals surface area contributed by atoms with E-state index in [9.17, 15) is 9.18 Å². The number of nitrogens with one attached hydrogen (secondary N) is 1. The summed E-state index contributed by atoms with van der Waals surface area (Å²) in [6, 6.07) is 4.16. The van der Waals surface area contributed by atoms with E-state index in [1.807, 2.05) is 0 Å². The van der Waals surface area contributed by atoms with Crippen LogP contribution in [0.1, 0.15) is 9.67 Å². The summed E-state index contributed by atoms with van der Waals surface area (Å²) >= 11 is 1.06. The summed E-state index contributed by atoms with van der Waals surface area (Å²) in [7, 11) is 1.37. The molecule has 0 fully saturated rings. The van der Waals surface area contributed by atoms with Gasteiger partial charge in [-0.05, 0) is 12.1 Å². The number of carbonyl (C=O) groups excluding carboxylic acids is 1. The van der Waals surface area contributed by atoms with Crippen molar-refractivity contribution in [3.63, 3.8) is 0 Å². The molecule has 0 aliphatic carbocycles. The highest BCUT2D eigenvalue weighted by molar-refractivity contribution is 7.17. The van der Waals surface area contributed by atoms with Gasteiger partial charge in [-0.15, -0.1) is 0 Å². The number of rotatable bonds is 3. The van der Waals surface area contributed by atoms with Crippen molar-refractivity contribution in [2.75, 3.05) is 18.2 Å². The lowest BCUT2D eigenvalue weighted by molar-refractivity contribution is 0.103. The van der Waals surface area contributed by atoms with Crippen LogP contribution in [0, 0.1) is 5.82 Å². The Labute approximate surface area is 106 Å². The maximum absolute atomic E-state index is 13.4. The summed E-state index contributed by atoms with van der Waals surface area (Å²) < 4.78 is 18.2. The average Bonchev–Trinajstić information content (AvgIpc) is 2.76. The van der Waals surface area contributed by atoms with Crippen LogP contribution in [0.15, 0.2) is 24.4 Å². The van der Waals surface area contributed by atoms with E-state index < -0.39 is 5.82 Å². The fourth-order valence-corrected chi connectivity index (χ4v) is 1.91. The van der Waals surface area contributed by atoms with Gasteiger partial charge in [-0.2, -0.15) is 0 Å². The Bertz CT molecular complexity index is 585. The molecule has 0 spiro atoms. The minimum Gasteiger partial charge on any atom is -0.494 e. The lowest BCUT2D eigenvalue weighted by Gasteiger charge is -2.06. The number of carbonyl (C=O) groups is 1. The maximum atomic E-state index is 13.4. The molecule has 1 aromatic heterocycles. The van der Waals surface area contributed by atoms with E-state index in [0.29, 0.717) is 15.7 Å². The van der Waals surface area contributed by atoms with Crippen molar-refractivity contribution in [3.05, 3.63) is 35.1 Å². The minimum absolute atomic E-state index is 0.120. The molecule has 94 valence electrons. The number of amides is 1. The molecule has 2 rings (SSSR count). The van der Waals surface area contributed by atoms with Gasteiger partial charge >= 0.3 is 0 Å². The SMILES string of the molecule is COc1ccc(NC(=O)c2cnc(N)s2)cc1F. The van der Waals surface area contributed by atoms with E-state index in [2.05, 4.69) is 10.3 Å². The summed E-state index contributed by atoms with van der Waals surface area (Å²) in [5.41, 5.74) is 5.76. The highest BCUT2D eigenvalue weighted by atomic mass is 32.1. The molecule has 1 heterocycles. The third-order valence-electron chi connectivity index (χ3n) is 2.16. The highest BCUT2D eigenvalue weighted by Crippen LogP contribution is 2.22. The summed E-state index contributed by atoms with van der Waals surface area (Å²) in [6.07, 6.45) is 1.37. The van der Waals surface area contributed by atoms with Gasteiger partial charge in [0.25, 0.3) is 5.91 Å². The molecule has 0 saturated carbocycles. The number of anilines is 2. The fourth-order valence-electron chi connectivity index (χ4n) is 1.33. The second-order valence-corrected chi connectivity index (χ2v) is 4.43. The molecule has 3 N–H and O–H groups in total. The van der Waals surface area contributed by atoms with E-state index in [1.165, 1.54) is 25.4 Å². The van der Waals surface area contributed by atoms with Crippen LogP contribution in [0.5, 0.6) is 5.75 Å². The van der Waals surface area contributed by atoms with Crippen LogP contribution in [-0.2, 0) is 0 Å². The number of aromatic nitrogens is 1. The first-order chi connectivity index (χ1) is 8.60. The van der Waals surface area contributed by atoms with Crippen LogP contribution >= 0.6 is 11.3 Å². The number of benzene rings is 1. The van der Waals surface area contributed by atoms with Crippen LogP contribution in [0.25, 0.3) is 0 Å².